The molecule has 1 aromatic carbocycles. The third-order valence-corrected chi connectivity index (χ3v) is 3.53. The van der Waals surface area contributed by atoms with Gasteiger partial charge in [-0.3, -0.25) is 0 Å². The molecule has 4 nitrogen and oxygen atoms in total. The van der Waals surface area contributed by atoms with E-state index in [1.807, 2.05) is 29.8 Å². The van der Waals surface area contributed by atoms with E-state index in [9.17, 15) is 0 Å². The summed E-state index contributed by atoms with van der Waals surface area (Å²) < 4.78 is 7.10. The molecule has 0 atom stereocenters. The lowest BCUT2D eigenvalue weighted by Gasteiger charge is -2.08. The zero-order chi connectivity index (χ0) is 13.4. The number of halogens is 1. The molecule has 0 bridgehead atoms. The maximum atomic E-state index is 6.00. The van der Waals surface area contributed by atoms with Gasteiger partial charge in [-0.25, -0.2) is 9.67 Å². The van der Waals surface area contributed by atoms with Crippen molar-refractivity contribution in [2.45, 2.75) is 32.3 Å². The lowest BCUT2D eigenvalue weighted by atomic mass is 10.2. The van der Waals surface area contributed by atoms with Crippen LogP contribution in [-0.2, 0) is 11.3 Å². The van der Waals surface area contributed by atoms with Crippen molar-refractivity contribution >= 4 is 11.6 Å². The van der Waals surface area contributed by atoms with Crippen LogP contribution in [0.25, 0.3) is 5.69 Å². The summed E-state index contributed by atoms with van der Waals surface area (Å²) in [5.74, 6) is 2.31. The molecule has 5 heteroatoms. The van der Waals surface area contributed by atoms with E-state index in [-0.39, 0.29) is 0 Å². The highest BCUT2D eigenvalue weighted by atomic mass is 35.5. The Hall–Kier alpha value is -1.39. The van der Waals surface area contributed by atoms with Gasteiger partial charge in [0.05, 0.1) is 5.69 Å². The van der Waals surface area contributed by atoms with E-state index in [1.165, 1.54) is 12.8 Å². The van der Waals surface area contributed by atoms with Crippen LogP contribution in [0.5, 0.6) is 0 Å². The molecule has 0 saturated heterocycles. The van der Waals surface area contributed by atoms with Crippen molar-refractivity contribution in [3.05, 3.63) is 40.4 Å². The molecule has 100 valence electrons. The van der Waals surface area contributed by atoms with Gasteiger partial charge in [0.2, 0.25) is 0 Å². The van der Waals surface area contributed by atoms with Crippen molar-refractivity contribution in [3.63, 3.8) is 0 Å². The molecule has 1 aliphatic carbocycles. The normalized spacial score (nSPS) is 14.9. The van der Waals surface area contributed by atoms with E-state index in [1.54, 1.807) is 7.11 Å². The summed E-state index contributed by atoms with van der Waals surface area (Å²) >= 11 is 6.00. The first kappa shape index (κ1) is 12.6. The topological polar surface area (TPSA) is 39.9 Å². The van der Waals surface area contributed by atoms with E-state index in [4.69, 9.17) is 16.3 Å². The summed E-state index contributed by atoms with van der Waals surface area (Å²) in [7, 11) is 1.67. The van der Waals surface area contributed by atoms with Gasteiger partial charge in [-0.05, 0) is 43.5 Å². The maximum absolute atomic E-state index is 6.00. The fraction of sp³-hybridized carbons (Fsp3) is 0.429. The van der Waals surface area contributed by atoms with Crippen LogP contribution in [0.15, 0.2) is 18.2 Å². The molecule has 0 unspecified atom stereocenters. The van der Waals surface area contributed by atoms with Crippen LogP contribution in [0, 0.1) is 6.92 Å². The fourth-order valence-electron chi connectivity index (χ4n) is 2.15. The van der Waals surface area contributed by atoms with Crippen LogP contribution in [0.1, 0.15) is 36.0 Å². The van der Waals surface area contributed by atoms with Gasteiger partial charge in [-0.2, -0.15) is 5.10 Å². The number of rotatable bonds is 4. The van der Waals surface area contributed by atoms with Crippen LogP contribution in [0.3, 0.4) is 0 Å². The molecule has 1 fully saturated rings. The fourth-order valence-corrected chi connectivity index (χ4v) is 2.38. The van der Waals surface area contributed by atoms with Crippen molar-refractivity contribution in [2.24, 2.45) is 0 Å². The average Bonchev–Trinajstić information content (AvgIpc) is 3.13. The Morgan fingerprint density at radius 1 is 1.42 bits per heavy atom. The molecule has 0 radical (unpaired) electrons. The lowest BCUT2D eigenvalue weighted by molar-refractivity contribution is 0.176. The second-order valence-corrected chi connectivity index (χ2v) is 5.37. The average molecular weight is 278 g/mol. The molecular formula is C14H16ClN3O. The van der Waals surface area contributed by atoms with E-state index in [2.05, 4.69) is 10.1 Å². The smallest absolute Gasteiger partial charge is 0.158 e. The number of benzene rings is 1. The molecule has 1 aliphatic rings. The molecule has 0 amide bonds. The minimum atomic E-state index is 0.460. The highest BCUT2D eigenvalue weighted by Gasteiger charge is 2.29. The molecule has 2 aromatic rings. The molecule has 1 aromatic heterocycles. The third-order valence-electron chi connectivity index (χ3n) is 3.29. The van der Waals surface area contributed by atoms with Gasteiger partial charge in [0.1, 0.15) is 6.61 Å². The first-order chi connectivity index (χ1) is 9.19. The quantitative estimate of drug-likeness (QED) is 0.861. The maximum Gasteiger partial charge on any atom is 0.158 e. The Kier molecular flexibility index (Phi) is 3.29. The predicted octanol–water partition coefficient (Wildman–Crippen LogP) is 3.25. The van der Waals surface area contributed by atoms with Gasteiger partial charge >= 0.3 is 0 Å². The number of methoxy groups -OCH3 is 1. The summed E-state index contributed by atoms with van der Waals surface area (Å²) in [6, 6.07) is 5.78. The van der Waals surface area contributed by atoms with Gasteiger partial charge in [0, 0.05) is 18.1 Å². The van der Waals surface area contributed by atoms with E-state index in [0.29, 0.717) is 12.5 Å². The van der Waals surface area contributed by atoms with Crippen LogP contribution in [0.2, 0.25) is 5.02 Å². The van der Waals surface area contributed by atoms with Crippen molar-refractivity contribution in [1.82, 2.24) is 14.8 Å². The van der Waals surface area contributed by atoms with Crippen LogP contribution < -0.4 is 0 Å². The SMILES string of the molecule is COCc1nc(C2CC2)nn1-c1ccc(Cl)cc1C. The number of ether oxygens (including phenoxy) is 1. The summed E-state index contributed by atoms with van der Waals surface area (Å²) in [5, 5.41) is 5.37. The highest BCUT2D eigenvalue weighted by Crippen LogP contribution is 2.38. The Balaban J connectivity index is 2.06. The first-order valence-corrected chi connectivity index (χ1v) is 6.78. The Morgan fingerprint density at radius 3 is 2.84 bits per heavy atom. The molecule has 3 rings (SSSR count). The predicted molar refractivity (Wildman–Crippen MR) is 73.8 cm³/mol. The van der Waals surface area contributed by atoms with E-state index in [0.717, 1.165) is 27.9 Å². The van der Waals surface area contributed by atoms with Crippen molar-refractivity contribution in [1.29, 1.82) is 0 Å². The molecule has 0 aliphatic heterocycles. The standard InChI is InChI=1S/C14H16ClN3O/c1-9-7-11(15)5-6-12(9)18-13(8-19-2)16-14(17-18)10-3-4-10/h5-7,10H,3-4,8H2,1-2H3. The lowest BCUT2D eigenvalue weighted by Crippen LogP contribution is -2.05. The number of aromatic nitrogens is 3. The summed E-state index contributed by atoms with van der Waals surface area (Å²) in [6.07, 6.45) is 2.38. The van der Waals surface area contributed by atoms with Crippen LogP contribution >= 0.6 is 11.6 Å². The summed E-state index contributed by atoms with van der Waals surface area (Å²) in [5.41, 5.74) is 2.09. The minimum Gasteiger partial charge on any atom is -0.377 e. The highest BCUT2D eigenvalue weighted by molar-refractivity contribution is 6.30. The van der Waals surface area contributed by atoms with Gasteiger partial charge in [0.25, 0.3) is 0 Å². The summed E-state index contributed by atoms with van der Waals surface area (Å²) in [4.78, 5) is 4.60. The van der Waals surface area contributed by atoms with Crippen LogP contribution in [0.4, 0.5) is 0 Å². The van der Waals surface area contributed by atoms with E-state index < -0.39 is 0 Å². The molecule has 0 spiro atoms. The summed E-state index contributed by atoms with van der Waals surface area (Å²) in [6.45, 7) is 2.48. The largest absolute Gasteiger partial charge is 0.377 e. The van der Waals surface area contributed by atoms with Crippen molar-refractivity contribution in [3.8, 4) is 5.69 Å². The Bertz CT molecular complexity index is 605. The number of nitrogens with zero attached hydrogens (tertiary/aromatic N) is 3. The minimum absolute atomic E-state index is 0.460. The molecule has 19 heavy (non-hydrogen) atoms. The molecule has 1 heterocycles. The first-order valence-electron chi connectivity index (χ1n) is 6.40. The number of hydrogen-bond donors (Lipinski definition) is 0. The molecule has 0 N–H and O–H groups in total. The Morgan fingerprint density at radius 2 is 2.21 bits per heavy atom. The number of aryl methyl sites for hydroxylation is 1. The van der Waals surface area contributed by atoms with Gasteiger partial charge in [-0.15, -0.1) is 0 Å². The second-order valence-electron chi connectivity index (χ2n) is 4.94. The van der Waals surface area contributed by atoms with Gasteiger partial charge < -0.3 is 4.74 Å². The van der Waals surface area contributed by atoms with Crippen molar-refractivity contribution in [2.75, 3.05) is 7.11 Å². The molecule has 1 saturated carbocycles. The number of hydrogen-bond acceptors (Lipinski definition) is 3. The Labute approximate surface area is 117 Å². The zero-order valence-corrected chi connectivity index (χ0v) is 11.8. The van der Waals surface area contributed by atoms with Crippen molar-refractivity contribution < 1.29 is 4.74 Å². The second kappa shape index (κ2) is 4.94. The van der Waals surface area contributed by atoms with Gasteiger partial charge in [0.15, 0.2) is 11.6 Å². The molecular weight excluding hydrogens is 262 g/mol. The monoisotopic (exact) mass is 277 g/mol. The van der Waals surface area contributed by atoms with Crippen LogP contribution in [-0.4, -0.2) is 21.9 Å². The van der Waals surface area contributed by atoms with E-state index >= 15 is 0 Å². The third kappa shape index (κ3) is 2.51. The van der Waals surface area contributed by atoms with Gasteiger partial charge in [-0.1, -0.05) is 11.6 Å². The zero-order valence-electron chi connectivity index (χ0n) is 11.1.